The van der Waals surface area contributed by atoms with Gasteiger partial charge >= 0.3 is 5.97 Å². The van der Waals surface area contributed by atoms with Gasteiger partial charge in [-0.05, 0) is 0 Å². The summed E-state index contributed by atoms with van der Waals surface area (Å²) >= 11 is 1.18. The zero-order valence-electron chi connectivity index (χ0n) is 9.46. The second-order valence-electron chi connectivity index (χ2n) is 3.63. The molecule has 17 heavy (non-hydrogen) atoms. The molecule has 0 bridgehead atoms. The van der Waals surface area contributed by atoms with Crippen LogP contribution >= 0.6 is 11.8 Å². The van der Waals surface area contributed by atoms with Crippen LogP contribution in [-0.4, -0.2) is 59.2 Å². The predicted molar refractivity (Wildman–Crippen MR) is 61.1 cm³/mol. The fraction of sp³-hybridized carbons (Fsp3) is 0.700. The van der Waals surface area contributed by atoms with Crippen LogP contribution in [0.1, 0.15) is 6.42 Å². The minimum absolute atomic E-state index is 0.133. The molecule has 1 amide bonds. The van der Waals surface area contributed by atoms with E-state index in [4.69, 9.17) is 5.26 Å². The van der Waals surface area contributed by atoms with E-state index in [2.05, 4.69) is 4.74 Å². The van der Waals surface area contributed by atoms with Crippen LogP contribution in [0.4, 0.5) is 0 Å². The minimum Gasteiger partial charge on any atom is -0.467 e. The van der Waals surface area contributed by atoms with E-state index in [0.29, 0.717) is 0 Å². The Hall–Kier alpha value is -1.26. The first-order valence-electron chi connectivity index (χ1n) is 5.10. The molecule has 0 aromatic heterocycles. The van der Waals surface area contributed by atoms with Gasteiger partial charge in [0.25, 0.3) is 0 Å². The summed E-state index contributed by atoms with van der Waals surface area (Å²) in [6, 6.07) is 1.22. The summed E-state index contributed by atoms with van der Waals surface area (Å²) in [7, 11) is 1.25. The van der Waals surface area contributed by atoms with Gasteiger partial charge in [-0.25, -0.2) is 4.79 Å². The van der Waals surface area contributed by atoms with Gasteiger partial charge in [-0.3, -0.25) is 4.79 Å². The van der Waals surface area contributed by atoms with Crippen LogP contribution in [0.3, 0.4) is 0 Å². The van der Waals surface area contributed by atoms with E-state index < -0.39 is 18.1 Å². The van der Waals surface area contributed by atoms with Crippen LogP contribution in [0.5, 0.6) is 0 Å². The average Bonchev–Trinajstić information content (AvgIpc) is 2.70. The van der Waals surface area contributed by atoms with Crippen molar-refractivity contribution < 1.29 is 19.4 Å². The number of carbonyl (C=O) groups is 2. The fourth-order valence-corrected chi connectivity index (χ4v) is 2.25. The lowest BCUT2D eigenvalue weighted by Gasteiger charge is -2.21. The van der Waals surface area contributed by atoms with E-state index in [0.717, 1.165) is 0 Å². The van der Waals surface area contributed by atoms with Crippen LogP contribution in [0.25, 0.3) is 0 Å². The number of likely N-dealkylation sites (tertiary alicyclic amines) is 1. The van der Waals surface area contributed by atoms with Gasteiger partial charge in [-0.15, -0.1) is 11.8 Å². The third-order valence-corrected chi connectivity index (χ3v) is 3.25. The standard InChI is InChI=1S/C10H14N2O4S/c1-16-10(15)8-4-7(13)5-12(8)9(14)6-17-3-2-11/h7-8,13H,3-6H2,1H3. The van der Waals surface area contributed by atoms with E-state index in [-0.39, 0.29) is 30.4 Å². The van der Waals surface area contributed by atoms with E-state index in [1.165, 1.54) is 23.8 Å². The molecule has 7 heteroatoms. The first kappa shape index (κ1) is 13.8. The van der Waals surface area contributed by atoms with Gasteiger partial charge in [0.1, 0.15) is 6.04 Å². The molecule has 1 N–H and O–H groups in total. The molecule has 1 aliphatic rings. The van der Waals surface area contributed by atoms with E-state index in [1.807, 2.05) is 6.07 Å². The van der Waals surface area contributed by atoms with Crippen molar-refractivity contribution in [3.05, 3.63) is 0 Å². The zero-order valence-corrected chi connectivity index (χ0v) is 10.3. The lowest BCUT2D eigenvalue weighted by molar-refractivity contribution is -0.150. The molecular weight excluding hydrogens is 244 g/mol. The second-order valence-corrected chi connectivity index (χ2v) is 4.61. The van der Waals surface area contributed by atoms with Crippen molar-refractivity contribution in [3.63, 3.8) is 0 Å². The Bertz CT molecular complexity index is 342. The lowest BCUT2D eigenvalue weighted by atomic mass is 10.2. The first-order valence-corrected chi connectivity index (χ1v) is 6.25. The number of nitriles is 1. The third-order valence-electron chi connectivity index (χ3n) is 2.46. The summed E-state index contributed by atoms with van der Waals surface area (Å²) in [5, 5.41) is 17.8. The van der Waals surface area contributed by atoms with Gasteiger partial charge in [0, 0.05) is 13.0 Å². The maximum absolute atomic E-state index is 11.8. The Kier molecular flexibility index (Phi) is 5.25. The summed E-state index contributed by atoms with van der Waals surface area (Å²) in [4.78, 5) is 24.5. The number of hydrogen-bond donors (Lipinski definition) is 1. The molecule has 0 spiro atoms. The SMILES string of the molecule is COC(=O)C1CC(O)CN1C(=O)CSCC#N. The number of carbonyl (C=O) groups excluding carboxylic acids is 2. The summed E-state index contributed by atoms with van der Waals surface area (Å²) < 4.78 is 4.59. The van der Waals surface area contributed by atoms with Crippen molar-refractivity contribution in [2.24, 2.45) is 0 Å². The number of aliphatic hydroxyl groups excluding tert-OH is 1. The predicted octanol–water partition coefficient (Wildman–Crippen LogP) is -0.622. The van der Waals surface area contributed by atoms with Gasteiger partial charge in [0.15, 0.2) is 0 Å². The number of rotatable bonds is 4. The van der Waals surface area contributed by atoms with Gasteiger partial charge in [-0.2, -0.15) is 5.26 Å². The highest BCUT2D eigenvalue weighted by molar-refractivity contribution is 8.00. The van der Waals surface area contributed by atoms with Crippen molar-refractivity contribution in [3.8, 4) is 6.07 Å². The number of amides is 1. The summed E-state index contributed by atoms with van der Waals surface area (Å²) in [5.74, 6) is -0.406. The molecule has 0 aliphatic carbocycles. The Morgan fingerprint density at radius 2 is 2.35 bits per heavy atom. The molecule has 94 valence electrons. The topological polar surface area (TPSA) is 90.6 Å². The summed E-state index contributed by atoms with van der Waals surface area (Å²) in [6.45, 7) is 0.145. The molecular formula is C10H14N2O4S. The molecule has 0 aromatic rings. The number of hydrogen-bond acceptors (Lipinski definition) is 6. The van der Waals surface area contributed by atoms with Gasteiger partial charge in [-0.1, -0.05) is 0 Å². The van der Waals surface area contributed by atoms with Crippen molar-refractivity contribution in [2.75, 3.05) is 25.2 Å². The van der Waals surface area contributed by atoms with Gasteiger partial charge < -0.3 is 14.7 Å². The van der Waals surface area contributed by atoms with Gasteiger partial charge in [0.05, 0.1) is 30.8 Å². The van der Waals surface area contributed by atoms with Gasteiger partial charge in [0.2, 0.25) is 5.91 Å². The molecule has 1 saturated heterocycles. The summed E-state index contributed by atoms with van der Waals surface area (Å²) in [5.41, 5.74) is 0. The Morgan fingerprint density at radius 3 is 2.94 bits per heavy atom. The van der Waals surface area contributed by atoms with Crippen molar-refractivity contribution >= 4 is 23.6 Å². The van der Waals surface area contributed by atoms with E-state index >= 15 is 0 Å². The molecule has 0 aromatic carbocycles. The maximum Gasteiger partial charge on any atom is 0.328 e. The quantitative estimate of drug-likeness (QED) is 0.534. The smallest absolute Gasteiger partial charge is 0.328 e. The number of thioether (sulfide) groups is 1. The largest absolute Gasteiger partial charge is 0.467 e. The summed E-state index contributed by atoms with van der Waals surface area (Å²) in [6.07, 6.45) is -0.481. The van der Waals surface area contributed by atoms with Crippen LogP contribution in [0.15, 0.2) is 0 Å². The fourth-order valence-electron chi connectivity index (χ4n) is 1.72. The van der Waals surface area contributed by atoms with Crippen molar-refractivity contribution in [1.29, 1.82) is 5.26 Å². The number of ether oxygens (including phenoxy) is 1. The average molecular weight is 258 g/mol. The van der Waals surface area contributed by atoms with Crippen molar-refractivity contribution in [2.45, 2.75) is 18.6 Å². The van der Waals surface area contributed by atoms with Crippen LogP contribution in [-0.2, 0) is 14.3 Å². The maximum atomic E-state index is 11.8. The molecule has 2 unspecified atom stereocenters. The van der Waals surface area contributed by atoms with Crippen molar-refractivity contribution in [1.82, 2.24) is 4.90 Å². The molecule has 6 nitrogen and oxygen atoms in total. The highest BCUT2D eigenvalue weighted by Gasteiger charge is 2.39. The molecule has 1 heterocycles. The number of aliphatic hydroxyl groups is 1. The van der Waals surface area contributed by atoms with E-state index in [1.54, 1.807) is 0 Å². The molecule has 2 atom stereocenters. The molecule has 1 fully saturated rings. The monoisotopic (exact) mass is 258 g/mol. The van der Waals surface area contributed by atoms with Crippen LogP contribution in [0, 0.1) is 11.3 Å². The first-order chi connectivity index (χ1) is 8.10. The number of β-amino-alcohol motifs (C(OH)–C–C–N with tert-alkyl or cyclic N) is 1. The molecule has 1 aliphatic heterocycles. The second kappa shape index (κ2) is 6.47. The Labute approximate surface area is 104 Å². The van der Waals surface area contributed by atoms with Crippen LogP contribution in [0.2, 0.25) is 0 Å². The Balaban J connectivity index is 2.58. The highest BCUT2D eigenvalue weighted by Crippen LogP contribution is 2.20. The highest BCUT2D eigenvalue weighted by atomic mass is 32.2. The Morgan fingerprint density at radius 1 is 1.65 bits per heavy atom. The number of esters is 1. The third kappa shape index (κ3) is 3.61. The number of methoxy groups -OCH3 is 1. The molecule has 0 saturated carbocycles. The zero-order chi connectivity index (χ0) is 12.8. The molecule has 0 radical (unpaired) electrons. The van der Waals surface area contributed by atoms with Crippen LogP contribution < -0.4 is 0 Å². The normalized spacial score (nSPS) is 23.2. The minimum atomic E-state index is -0.704. The van der Waals surface area contributed by atoms with E-state index in [9.17, 15) is 14.7 Å². The lowest BCUT2D eigenvalue weighted by Crippen LogP contribution is -2.42. The molecule has 1 rings (SSSR count). The number of nitrogens with zero attached hydrogens (tertiary/aromatic N) is 2.